The molecule has 5 heteroatoms. The van der Waals surface area contributed by atoms with Crippen molar-refractivity contribution in [1.82, 2.24) is 0 Å². The Morgan fingerprint density at radius 3 is 2.45 bits per heavy atom. The van der Waals surface area contributed by atoms with Crippen molar-refractivity contribution in [2.24, 2.45) is 40.4 Å². The van der Waals surface area contributed by atoms with Crippen LogP contribution in [0.25, 0.3) is 0 Å². The van der Waals surface area contributed by atoms with Gasteiger partial charge in [0.1, 0.15) is 5.57 Å². The van der Waals surface area contributed by atoms with Crippen molar-refractivity contribution in [2.45, 2.75) is 105 Å². The molecule has 9 atom stereocenters. The highest BCUT2D eigenvalue weighted by molar-refractivity contribution is 6.21. The summed E-state index contributed by atoms with van der Waals surface area (Å²) < 4.78 is 6.28. The number of aliphatic hydroxyl groups is 2. The van der Waals surface area contributed by atoms with Crippen LogP contribution in [0.3, 0.4) is 0 Å². The third kappa shape index (κ3) is 4.05. The van der Waals surface area contributed by atoms with Gasteiger partial charge in [-0.2, -0.15) is 0 Å². The lowest BCUT2D eigenvalue weighted by Crippen LogP contribution is -2.55. The second kappa shape index (κ2) is 10.5. The van der Waals surface area contributed by atoms with Crippen LogP contribution < -0.4 is 0 Å². The van der Waals surface area contributed by atoms with Crippen LogP contribution in [-0.4, -0.2) is 33.7 Å². The lowest BCUT2D eigenvalue weighted by Gasteiger charge is -2.53. The zero-order chi connectivity index (χ0) is 29.0. The molecule has 218 valence electrons. The molecule has 0 aromatic rings. The summed E-state index contributed by atoms with van der Waals surface area (Å²) in [5.41, 5.74) is -0.829. The molecule has 40 heavy (non-hydrogen) atoms. The molecule has 2 N–H and O–H groups in total. The monoisotopic (exact) mass is 548 g/mol. The van der Waals surface area contributed by atoms with Gasteiger partial charge in [-0.25, -0.2) is 4.79 Å². The molecule has 9 unspecified atom stereocenters. The van der Waals surface area contributed by atoms with Crippen LogP contribution in [0.1, 0.15) is 92.9 Å². The fourth-order valence-electron chi connectivity index (χ4n) is 9.26. The van der Waals surface area contributed by atoms with E-state index in [9.17, 15) is 19.8 Å². The predicted octanol–water partition coefficient (Wildman–Crippen LogP) is 7.34. The smallest absolute Gasteiger partial charge is 0.346 e. The molecule has 5 nitrogen and oxygen atoms in total. The van der Waals surface area contributed by atoms with Gasteiger partial charge in [0.25, 0.3) is 0 Å². The zero-order valence-corrected chi connectivity index (χ0v) is 25.2. The molecule has 1 fully saturated rings. The highest BCUT2D eigenvalue weighted by Crippen LogP contribution is 2.60. The van der Waals surface area contributed by atoms with Crippen LogP contribution in [0.5, 0.6) is 0 Å². The number of esters is 1. The number of fused-ring (bicyclic) bond motifs is 3. The summed E-state index contributed by atoms with van der Waals surface area (Å²) in [6, 6.07) is 0. The third-order valence-electron chi connectivity index (χ3n) is 11.5. The number of ketones is 1. The minimum atomic E-state index is -1.32. The van der Waals surface area contributed by atoms with Gasteiger partial charge in [-0.15, -0.1) is 0 Å². The van der Waals surface area contributed by atoms with E-state index in [4.69, 9.17) is 4.74 Å². The predicted molar refractivity (Wildman–Crippen MR) is 157 cm³/mol. The molecule has 1 saturated carbocycles. The van der Waals surface area contributed by atoms with E-state index in [1.165, 1.54) is 5.57 Å². The van der Waals surface area contributed by atoms with Crippen LogP contribution in [0.4, 0.5) is 0 Å². The van der Waals surface area contributed by atoms with Crippen molar-refractivity contribution in [3.8, 4) is 0 Å². The summed E-state index contributed by atoms with van der Waals surface area (Å²) in [7, 11) is 0. The third-order valence-corrected chi connectivity index (χ3v) is 11.5. The Morgan fingerprint density at radius 2 is 1.77 bits per heavy atom. The van der Waals surface area contributed by atoms with E-state index in [0.29, 0.717) is 19.3 Å². The summed E-state index contributed by atoms with van der Waals surface area (Å²) in [6.07, 6.45) is 18.2. The summed E-state index contributed by atoms with van der Waals surface area (Å²) in [5.74, 6) is -1.24. The van der Waals surface area contributed by atoms with Gasteiger partial charge >= 0.3 is 5.97 Å². The van der Waals surface area contributed by atoms with Crippen molar-refractivity contribution >= 4 is 11.8 Å². The number of carbonyl (C=O) groups excluding carboxylic acids is 2. The number of rotatable bonds is 3. The molecular formula is C35H48O5. The lowest BCUT2D eigenvalue weighted by atomic mass is 9.49. The number of hydrogen-bond donors (Lipinski definition) is 2. The Bertz CT molecular complexity index is 1220. The summed E-state index contributed by atoms with van der Waals surface area (Å²) in [4.78, 5) is 28.9. The first kappa shape index (κ1) is 29.1. The summed E-state index contributed by atoms with van der Waals surface area (Å²) in [6.45, 7) is 12.5. The molecule has 0 aromatic carbocycles. The lowest BCUT2D eigenvalue weighted by molar-refractivity contribution is -0.159. The largest absolute Gasteiger partial charge is 0.507 e. The van der Waals surface area contributed by atoms with Crippen molar-refractivity contribution in [2.75, 3.05) is 0 Å². The van der Waals surface area contributed by atoms with Crippen LogP contribution in [-0.2, 0) is 14.3 Å². The first-order valence-electron chi connectivity index (χ1n) is 15.6. The van der Waals surface area contributed by atoms with Gasteiger partial charge in [-0.3, -0.25) is 4.79 Å². The second-order valence-corrected chi connectivity index (χ2v) is 13.5. The fourth-order valence-corrected chi connectivity index (χ4v) is 9.26. The first-order valence-corrected chi connectivity index (χ1v) is 15.6. The summed E-state index contributed by atoms with van der Waals surface area (Å²) in [5, 5.41) is 23.5. The van der Waals surface area contributed by atoms with E-state index in [-0.39, 0.29) is 46.7 Å². The van der Waals surface area contributed by atoms with Gasteiger partial charge in [0.15, 0.2) is 17.1 Å². The first-order chi connectivity index (χ1) is 19.0. The van der Waals surface area contributed by atoms with Crippen LogP contribution >= 0.6 is 0 Å². The molecule has 0 amide bonds. The Hall–Kier alpha value is -2.40. The van der Waals surface area contributed by atoms with Gasteiger partial charge in [0, 0.05) is 17.8 Å². The van der Waals surface area contributed by atoms with Crippen LogP contribution in [0, 0.1) is 40.4 Å². The molecule has 4 aliphatic carbocycles. The highest BCUT2D eigenvalue weighted by Gasteiger charge is 2.65. The van der Waals surface area contributed by atoms with E-state index in [1.54, 1.807) is 0 Å². The topological polar surface area (TPSA) is 83.8 Å². The Kier molecular flexibility index (Phi) is 7.61. The molecule has 5 rings (SSSR count). The van der Waals surface area contributed by atoms with Crippen molar-refractivity contribution < 1.29 is 24.5 Å². The fraction of sp³-hybridized carbons (Fsp3) is 0.657. The minimum Gasteiger partial charge on any atom is -0.507 e. The maximum Gasteiger partial charge on any atom is 0.346 e. The number of Topliss-reactive ketones (excluding diaryl/α,β-unsaturated/α-hetero) is 1. The molecular weight excluding hydrogens is 500 g/mol. The molecule has 0 radical (unpaired) electrons. The Morgan fingerprint density at radius 1 is 1.02 bits per heavy atom. The maximum absolute atomic E-state index is 15.0. The molecule has 0 aromatic heterocycles. The number of aliphatic hydroxyl groups excluding tert-OH is 2. The molecule has 0 saturated heterocycles. The van der Waals surface area contributed by atoms with Gasteiger partial charge < -0.3 is 14.9 Å². The quantitative estimate of drug-likeness (QED) is 0.219. The van der Waals surface area contributed by atoms with Gasteiger partial charge in [-0.05, 0) is 83.0 Å². The highest BCUT2D eigenvalue weighted by atomic mass is 16.6. The Balaban J connectivity index is 1.74. The van der Waals surface area contributed by atoms with E-state index in [2.05, 4.69) is 64.2 Å². The van der Waals surface area contributed by atoms with Gasteiger partial charge in [0.2, 0.25) is 0 Å². The Labute approximate surface area is 240 Å². The SMILES string of the molecule is CCC1CC23OC(=O)C(=C2O)C(=O)C2(CC)C(C=CC4C(O)C(CC)CCC42)C/C=C/C/C(C)=C/C3(C)C=C1C. The van der Waals surface area contributed by atoms with Gasteiger partial charge in [-0.1, -0.05) is 74.8 Å². The van der Waals surface area contributed by atoms with E-state index >= 15 is 0 Å². The van der Waals surface area contributed by atoms with E-state index in [1.807, 2.05) is 13.8 Å². The van der Waals surface area contributed by atoms with Crippen LogP contribution in [0.15, 0.2) is 58.9 Å². The molecule has 1 aliphatic heterocycles. The van der Waals surface area contributed by atoms with E-state index in [0.717, 1.165) is 37.7 Å². The minimum absolute atomic E-state index is 0.107. The molecule has 5 aliphatic rings. The molecule has 1 heterocycles. The van der Waals surface area contributed by atoms with Crippen LogP contribution in [0.2, 0.25) is 0 Å². The van der Waals surface area contributed by atoms with Crippen molar-refractivity contribution in [1.29, 1.82) is 0 Å². The average molecular weight is 549 g/mol. The zero-order valence-electron chi connectivity index (χ0n) is 25.2. The summed E-state index contributed by atoms with van der Waals surface area (Å²) >= 11 is 0. The number of allylic oxidation sites excluding steroid dienone is 5. The normalized spacial score (nSPS) is 45.5. The number of hydrogen-bond acceptors (Lipinski definition) is 5. The average Bonchev–Trinajstić information content (AvgIpc) is 3.17. The van der Waals surface area contributed by atoms with E-state index < -0.39 is 28.5 Å². The van der Waals surface area contributed by atoms with Gasteiger partial charge in [0.05, 0.1) is 11.5 Å². The number of ether oxygens (including phenoxy) is 1. The number of carbonyl (C=O) groups is 2. The second-order valence-electron chi connectivity index (χ2n) is 13.5. The standard InChI is InChI=1S/C35H48O5/c1-7-23-14-17-27-26(29(23)36)16-15-25-13-11-10-12-21(4)18-33(6)19-22(5)24(8-2)20-35(33)31(38)28(32(39)40-35)30(37)34(25,27)9-3/h10-11,15-16,18-19,23-27,29,36,38H,7-9,12-14,17,20H2,1-6H3/b11-10+,21-18+. The maximum atomic E-state index is 15.0. The molecule has 1 spiro atoms. The molecule has 2 bridgehead atoms. The van der Waals surface area contributed by atoms with Crippen molar-refractivity contribution in [3.63, 3.8) is 0 Å². The van der Waals surface area contributed by atoms with Crippen molar-refractivity contribution in [3.05, 3.63) is 58.9 Å².